The highest BCUT2D eigenvalue weighted by Crippen LogP contribution is 2.33. The standard InChI is InChI=1S/C21H27N5O4S2/c1-3-31-21-23-17(15-20-22-6-7-26(20)21)16-4-5-18(30-2)19(14-16)32(28,29)25-10-8-24(9-11-25)12-13-27/h4-7,14-15,27H,3,8-13H2,1-2H3. The van der Waals surface area contributed by atoms with Crippen molar-refractivity contribution >= 4 is 27.4 Å². The second kappa shape index (κ2) is 9.75. The molecule has 0 bridgehead atoms. The number of rotatable bonds is 8. The predicted octanol–water partition coefficient (Wildman–Crippen LogP) is 1.82. The molecule has 1 saturated heterocycles. The number of fused-ring (bicyclic) bond motifs is 1. The van der Waals surface area contributed by atoms with Crippen LogP contribution in [0.3, 0.4) is 0 Å². The first-order valence-electron chi connectivity index (χ1n) is 10.5. The molecule has 9 nitrogen and oxygen atoms in total. The van der Waals surface area contributed by atoms with Gasteiger partial charge in [-0.3, -0.25) is 9.30 Å². The number of hydrogen-bond donors (Lipinski definition) is 1. The Labute approximate surface area is 192 Å². The van der Waals surface area contributed by atoms with E-state index in [4.69, 9.17) is 14.8 Å². The molecule has 1 fully saturated rings. The largest absolute Gasteiger partial charge is 0.495 e. The van der Waals surface area contributed by atoms with Crippen molar-refractivity contribution in [2.45, 2.75) is 17.0 Å². The fourth-order valence-corrected chi connectivity index (χ4v) is 6.10. The molecule has 2 aromatic heterocycles. The van der Waals surface area contributed by atoms with Gasteiger partial charge < -0.3 is 9.84 Å². The summed E-state index contributed by atoms with van der Waals surface area (Å²) in [7, 11) is -2.29. The van der Waals surface area contributed by atoms with Crippen molar-refractivity contribution in [2.75, 3.05) is 52.2 Å². The second-order valence-electron chi connectivity index (χ2n) is 7.35. The highest BCUT2D eigenvalue weighted by Gasteiger charge is 2.31. The molecule has 0 spiro atoms. The van der Waals surface area contributed by atoms with Crippen molar-refractivity contribution in [1.29, 1.82) is 0 Å². The van der Waals surface area contributed by atoms with Crippen molar-refractivity contribution in [3.05, 3.63) is 36.7 Å². The van der Waals surface area contributed by atoms with E-state index in [1.807, 2.05) is 22.7 Å². The average molecular weight is 478 g/mol. The van der Waals surface area contributed by atoms with Crippen LogP contribution in [-0.4, -0.2) is 89.3 Å². The molecule has 1 aliphatic heterocycles. The Hall–Kier alpha value is -2.18. The Bertz CT molecular complexity index is 1190. The van der Waals surface area contributed by atoms with E-state index in [1.165, 1.54) is 11.4 Å². The first kappa shape index (κ1) is 23.0. The predicted molar refractivity (Wildman–Crippen MR) is 124 cm³/mol. The molecule has 172 valence electrons. The van der Waals surface area contributed by atoms with Crippen LogP contribution in [0.4, 0.5) is 0 Å². The van der Waals surface area contributed by atoms with Gasteiger partial charge in [0.15, 0.2) is 5.16 Å². The summed E-state index contributed by atoms with van der Waals surface area (Å²) in [5.74, 6) is 1.16. The van der Waals surface area contributed by atoms with Gasteiger partial charge in [-0.2, -0.15) is 4.31 Å². The van der Waals surface area contributed by atoms with Gasteiger partial charge in [-0.1, -0.05) is 18.7 Å². The fourth-order valence-electron chi connectivity index (χ4n) is 3.79. The third-order valence-electron chi connectivity index (χ3n) is 5.46. The first-order chi connectivity index (χ1) is 15.5. The molecule has 0 atom stereocenters. The van der Waals surface area contributed by atoms with Gasteiger partial charge in [0.25, 0.3) is 0 Å². The lowest BCUT2D eigenvalue weighted by Gasteiger charge is -2.33. The molecule has 1 N–H and O–H groups in total. The van der Waals surface area contributed by atoms with E-state index in [9.17, 15) is 8.42 Å². The van der Waals surface area contributed by atoms with E-state index in [1.54, 1.807) is 30.1 Å². The van der Waals surface area contributed by atoms with Crippen LogP contribution >= 0.6 is 11.8 Å². The molecule has 0 unspecified atom stereocenters. The maximum absolute atomic E-state index is 13.5. The van der Waals surface area contributed by atoms with Gasteiger partial charge in [0.1, 0.15) is 16.3 Å². The van der Waals surface area contributed by atoms with Gasteiger partial charge in [0.05, 0.1) is 19.4 Å². The SMILES string of the molecule is CCSc1nc(-c2ccc(OC)c(S(=O)(=O)N3CCN(CCO)CC3)c2)cc2nccn12. The van der Waals surface area contributed by atoms with Gasteiger partial charge in [-0.25, -0.2) is 18.4 Å². The van der Waals surface area contributed by atoms with Gasteiger partial charge in [0, 0.05) is 56.7 Å². The third kappa shape index (κ3) is 4.48. The summed E-state index contributed by atoms with van der Waals surface area (Å²) in [5.41, 5.74) is 2.10. The van der Waals surface area contributed by atoms with Crippen LogP contribution in [0, 0.1) is 0 Å². The lowest BCUT2D eigenvalue weighted by atomic mass is 10.1. The van der Waals surface area contributed by atoms with Crippen molar-refractivity contribution in [2.24, 2.45) is 0 Å². The quantitative estimate of drug-likeness (QED) is 0.387. The number of aliphatic hydroxyl groups is 1. The Morgan fingerprint density at radius 2 is 1.97 bits per heavy atom. The lowest BCUT2D eigenvalue weighted by molar-refractivity contribution is 0.151. The molecule has 0 amide bonds. The zero-order valence-electron chi connectivity index (χ0n) is 18.1. The van der Waals surface area contributed by atoms with E-state index in [-0.39, 0.29) is 11.5 Å². The summed E-state index contributed by atoms with van der Waals surface area (Å²) in [6.07, 6.45) is 3.59. The zero-order chi connectivity index (χ0) is 22.7. The molecule has 1 aromatic carbocycles. The summed E-state index contributed by atoms with van der Waals surface area (Å²) in [4.78, 5) is 11.3. The number of aromatic nitrogens is 3. The normalized spacial score (nSPS) is 16.0. The van der Waals surface area contributed by atoms with Crippen molar-refractivity contribution < 1.29 is 18.3 Å². The summed E-state index contributed by atoms with van der Waals surface area (Å²) in [5, 5.41) is 9.93. The maximum atomic E-state index is 13.5. The maximum Gasteiger partial charge on any atom is 0.246 e. The van der Waals surface area contributed by atoms with E-state index in [0.717, 1.165) is 16.6 Å². The Kier molecular flexibility index (Phi) is 7.01. The molecule has 0 aliphatic carbocycles. The third-order valence-corrected chi connectivity index (χ3v) is 8.21. The lowest BCUT2D eigenvalue weighted by Crippen LogP contribution is -2.49. The van der Waals surface area contributed by atoms with E-state index >= 15 is 0 Å². The minimum absolute atomic E-state index is 0.0643. The summed E-state index contributed by atoms with van der Waals surface area (Å²) in [6.45, 7) is 4.56. The molecule has 3 heterocycles. The van der Waals surface area contributed by atoms with Crippen molar-refractivity contribution in [3.63, 3.8) is 0 Å². The molecule has 0 radical (unpaired) electrons. The molecule has 3 aromatic rings. The zero-order valence-corrected chi connectivity index (χ0v) is 19.8. The number of piperazine rings is 1. The fraction of sp³-hybridized carbons (Fsp3) is 0.429. The number of hydrogen-bond acceptors (Lipinski definition) is 8. The number of nitrogens with zero attached hydrogens (tertiary/aromatic N) is 5. The van der Waals surface area contributed by atoms with Crippen LogP contribution in [0.15, 0.2) is 46.7 Å². The van der Waals surface area contributed by atoms with Crippen LogP contribution in [0.5, 0.6) is 5.75 Å². The van der Waals surface area contributed by atoms with Crippen molar-refractivity contribution in [1.82, 2.24) is 23.6 Å². The second-order valence-corrected chi connectivity index (χ2v) is 10.5. The number of methoxy groups -OCH3 is 1. The number of thioether (sulfide) groups is 1. The Morgan fingerprint density at radius 3 is 2.66 bits per heavy atom. The number of ether oxygens (including phenoxy) is 1. The minimum Gasteiger partial charge on any atom is -0.495 e. The highest BCUT2D eigenvalue weighted by molar-refractivity contribution is 7.99. The molecule has 4 rings (SSSR count). The van der Waals surface area contributed by atoms with Gasteiger partial charge in [-0.05, 0) is 24.0 Å². The van der Waals surface area contributed by atoms with E-state index in [0.29, 0.717) is 49.7 Å². The molecule has 0 saturated carbocycles. The minimum atomic E-state index is -3.76. The summed E-state index contributed by atoms with van der Waals surface area (Å²) < 4.78 is 35.8. The molecule has 32 heavy (non-hydrogen) atoms. The molecule has 1 aliphatic rings. The molecule has 11 heteroatoms. The first-order valence-corrected chi connectivity index (χ1v) is 12.9. The number of aliphatic hydroxyl groups excluding tert-OH is 1. The van der Waals surface area contributed by atoms with Gasteiger partial charge in [-0.15, -0.1) is 0 Å². The van der Waals surface area contributed by atoms with Crippen LogP contribution < -0.4 is 4.74 Å². The number of benzene rings is 1. The Morgan fingerprint density at radius 1 is 1.19 bits per heavy atom. The van der Waals surface area contributed by atoms with Gasteiger partial charge in [0.2, 0.25) is 10.0 Å². The van der Waals surface area contributed by atoms with Crippen molar-refractivity contribution in [3.8, 4) is 17.0 Å². The van der Waals surface area contributed by atoms with Crippen LogP contribution in [-0.2, 0) is 10.0 Å². The average Bonchev–Trinajstić information content (AvgIpc) is 3.28. The smallest absolute Gasteiger partial charge is 0.246 e. The van der Waals surface area contributed by atoms with Crippen LogP contribution in [0.1, 0.15) is 6.92 Å². The van der Waals surface area contributed by atoms with Crippen LogP contribution in [0.2, 0.25) is 0 Å². The number of β-amino-alcohol motifs (C(OH)–C–C–N with tert-alkyl or cyclic N) is 1. The molecular formula is C21H27N5O4S2. The van der Waals surface area contributed by atoms with E-state index < -0.39 is 10.0 Å². The van der Waals surface area contributed by atoms with Gasteiger partial charge >= 0.3 is 0 Å². The monoisotopic (exact) mass is 477 g/mol. The summed E-state index contributed by atoms with van der Waals surface area (Å²) >= 11 is 1.60. The van der Waals surface area contributed by atoms with Crippen LogP contribution in [0.25, 0.3) is 16.9 Å². The Balaban J connectivity index is 1.71. The van der Waals surface area contributed by atoms with E-state index in [2.05, 4.69) is 16.8 Å². The topological polar surface area (TPSA) is 100 Å². The summed E-state index contributed by atoms with van der Waals surface area (Å²) in [6, 6.07) is 6.98. The highest BCUT2D eigenvalue weighted by atomic mass is 32.2. The molecular weight excluding hydrogens is 450 g/mol. The number of sulfonamides is 1. The number of imidazole rings is 1.